The molecule has 0 aliphatic rings. The van der Waals surface area contributed by atoms with Gasteiger partial charge in [-0.2, -0.15) is 0 Å². The van der Waals surface area contributed by atoms with Gasteiger partial charge in [0.2, 0.25) is 0 Å². The second-order valence-corrected chi connectivity index (χ2v) is 4.63. The Balaban J connectivity index is 2.55. The average molecular weight is 282 g/mol. The molecule has 1 aromatic carbocycles. The number of ether oxygens (including phenoxy) is 2. The largest absolute Gasteiger partial charge is 0.460 e. The summed E-state index contributed by atoms with van der Waals surface area (Å²) in [5, 5.41) is 10.6. The van der Waals surface area contributed by atoms with Crippen LogP contribution >= 0.6 is 0 Å². The van der Waals surface area contributed by atoms with Gasteiger partial charge in [0.1, 0.15) is 6.61 Å². The van der Waals surface area contributed by atoms with Crippen molar-refractivity contribution in [3.05, 3.63) is 33.9 Å². The Morgan fingerprint density at radius 3 is 2.70 bits per heavy atom. The van der Waals surface area contributed by atoms with Crippen LogP contribution in [-0.4, -0.2) is 30.7 Å². The van der Waals surface area contributed by atoms with Gasteiger partial charge < -0.3 is 15.2 Å². The first-order valence-electron chi connectivity index (χ1n) is 6.20. The molecule has 0 amide bonds. The highest BCUT2D eigenvalue weighted by Gasteiger charge is 2.16. The first kappa shape index (κ1) is 15.9. The van der Waals surface area contributed by atoms with Crippen molar-refractivity contribution in [2.45, 2.75) is 13.8 Å². The summed E-state index contributed by atoms with van der Waals surface area (Å²) in [5.74, 6) is -0.294. The number of anilines is 1. The van der Waals surface area contributed by atoms with Crippen LogP contribution in [0, 0.1) is 16.0 Å². The Hall–Kier alpha value is -2.15. The summed E-state index contributed by atoms with van der Waals surface area (Å²) in [6, 6.07) is 3.65. The van der Waals surface area contributed by atoms with Crippen LogP contribution < -0.4 is 5.73 Å². The van der Waals surface area contributed by atoms with Crippen molar-refractivity contribution in [1.82, 2.24) is 0 Å². The summed E-state index contributed by atoms with van der Waals surface area (Å²) >= 11 is 0. The van der Waals surface area contributed by atoms with Gasteiger partial charge in [-0.3, -0.25) is 10.1 Å². The third kappa shape index (κ3) is 4.85. The topological polar surface area (TPSA) is 105 Å². The minimum Gasteiger partial charge on any atom is -0.460 e. The second kappa shape index (κ2) is 7.44. The van der Waals surface area contributed by atoms with E-state index in [1.54, 1.807) is 0 Å². The van der Waals surface area contributed by atoms with Gasteiger partial charge in [0, 0.05) is 24.4 Å². The van der Waals surface area contributed by atoms with Gasteiger partial charge in [-0.1, -0.05) is 13.8 Å². The normalized spacial score (nSPS) is 10.6. The molecule has 0 spiro atoms. The third-order valence-electron chi connectivity index (χ3n) is 2.38. The maximum Gasteiger partial charge on any atom is 0.340 e. The standard InChI is InChI=1S/C13H18N2O5/c1-9(2)8-19-5-6-20-13(16)11-7-10(15(17)18)3-4-12(11)14/h3-4,7,9H,5-6,8,14H2,1-2H3. The van der Waals surface area contributed by atoms with E-state index in [2.05, 4.69) is 0 Å². The SMILES string of the molecule is CC(C)COCCOC(=O)c1cc([N+](=O)[O-])ccc1N. The van der Waals surface area contributed by atoms with Gasteiger partial charge >= 0.3 is 5.97 Å². The number of rotatable bonds is 7. The van der Waals surface area contributed by atoms with Crippen LogP contribution in [0.4, 0.5) is 11.4 Å². The fourth-order valence-electron chi connectivity index (χ4n) is 1.42. The van der Waals surface area contributed by atoms with E-state index in [-0.39, 0.29) is 30.2 Å². The van der Waals surface area contributed by atoms with Crippen molar-refractivity contribution in [3.8, 4) is 0 Å². The number of benzene rings is 1. The Morgan fingerprint density at radius 2 is 2.10 bits per heavy atom. The average Bonchev–Trinajstić information content (AvgIpc) is 2.37. The van der Waals surface area contributed by atoms with Crippen molar-refractivity contribution < 1.29 is 19.2 Å². The molecule has 110 valence electrons. The molecule has 0 heterocycles. The molecule has 7 nitrogen and oxygen atoms in total. The molecule has 1 aromatic rings. The van der Waals surface area contributed by atoms with Crippen LogP contribution in [-0.2, 0) is 9.47 Å². The number of nitrogen functional groups attached to an aromatic ring is 1. The highest BCUT2D eigenvalue weighted by Crippen LogP contribution is 2.20. The molecule has 0 aromatic heterocycles. The van der Waals surface area contributed by atoms with Crippen molar-refractivity contribution in [3.63, 3.8) is 0 Å². The van der Waals surface area contributed by atoms with Crippen LogP contribution in [0.5, 0.6) is 0 Å². The van der Waals surface area contributed by atoms with E-state index in [1.807, 2.05) is 13.8 Å². The molecule has 0 bridgehead atoms. The van der Waals surface area contributed by atoms with E-state index in [1.165, 1.54) is 12.1 Å². The van der Waals surface area contributed by atoms with Crippen LogP contribution in [0.15, 0.2) is 18.2 Å². The number of carbonyl (C=O) groups is 1. The minimum atomic E-state index is -0.695. The number of hydrogen-bond acceptors (Lipinski definition) is 6. The van der Waals surface area contributed by atoms with Crippen LogP contribution in [0.25, 0.3) is 0 Å². The van der Waals surface area contributed by atoms with Gasteiger partial charge in [-0.25, -0.2) is 4.79 Å². The number of nitro benzene ring substituents is 1. The van der Waals surface area contributed by atoms with Gasteiger partial charge in [0.15, 0.2) is 0 Å². The Morgan fingerprint density at radius 1 is 1.40 bits per heavy atom. The Labute approximate surface area is 116 Å². The molecular formula is C13H18N2O5. The Kier molecular flexibility index (Phi) is 5.92. The third-order valence-corrected chi connectivity index (χ3v) is 2.38. The van der Waals surface area contributed by atoms with Crippen LogP contribution in [0.1, 0.15) is 24.2 Å². The summed E-state index contributed by atoms with van der Waals surface area (Å²) in [7, 11) is 0. The molecule has 1 rings (SSSR count). The lowest BCUT2D eigenvalue weighted by Gasteiger charge is -2.08. The first-order valence-corrected chi connectivity index (χ1v) is 6.20. The molecular weight excluding hydrogens is 264 g/mol. The lowest BCUT2D eigenvalue weighted by Crippen LogP contribution is -2.14. The fourth-order valence-corrected chi connectivity index (χ4v) is 1.42. The molecule has 0 saturated heterocycles. The quantitative estimate of drug-likeness (QED) is 0.269. The molecule has 7 heteroatoms. The minimum absolute atomic E-state index is 0.0111. The predicted octanol–water partition coefficient (Wildman–Crippen LogP) is 2.01. The van der Waals surface area contributed by atoms with Crippen molar-refractivity contribution >= 4 is 17.3 Å². The summed E-state index contributed by atoms with van der Waals surface area (Å²) in [4.78, 5) is 21.8. The van der Waals surface area contributed by atoms with Crippen LogP contribution in [0.3, 0.4) is 0 Å². The zero-order chi connectivity index (χ0) is 15.1. The smallest absolute Gasteiger partial charge is 0.340 e. The van der Waals surface area contributed by atoms with E-state index in [9.17, 15) is 14.9 Å². The van der Waals surface area contributed by atoms with E-state index < -0.39 is 10.9 Å². The predicted molar refractivity (Wildman–Crippen MR) is 73.4 cm³/mol. The van der Waals surface area contributed by atoms with E-state index in [0.717, 1.165) is 6.07 Å². The number of non-ortho nitro benzene ring substituents is 1. The number of carbonyl (C=O) groups excluding carboxylic acids is 1. The number of nitro groups is 1. The van der Waals surface area contributed by atoms with Crippen molar-refractivity contribution in [2.24, 2.45) is 5.92 Å². The zero-order valence-electron chi connectivity index (χ0n) is 11.5. The molecule has 0 fully saturated rings. The van der Waals surface area contributed by atoms with Gasteiger partial charge in [-0.05, 0) is 12.0 Å². The lowest BCUT2D eigenvalue weighted by atomic mass is 10.1. The lowest BCUT2D eigenvalue weighted by molar-refractivity contribution is -0.384. The van der Waals surface area contributed by atoms with Gasteiger partial charge in [0.05, 0.1) is 17.1 Å². The highest BCUT2D eigenvalue weighted by atomic mass is 16.6. The number of nitrogens with two attached hydrogens (primary N) is 1. The maximum atomic E-state index is 11.8. The summed E-state index contributed by atoms with van der Waals surface area (Å²) in [6.07, 6.45) is 0. The molecule has 2 N–H and O–H groups in total. The summed E-state index contributed by atoms with van der Waals surface area (Å²) < 4.78 is 10.2. The fraction of sp³-hybridized carbons (Fsp3) is 0.462. The number of hydrogen-bond donors (Lipinski definition) is 1. The van der Waals surface area contributed by atoms with Gasteiger partial charge in [-0.15, -0.1) is 0 Å². The van der Waals surface area contributed by atoms with E-state index in [4.69, 9.17) is 15.2 Å². The highest BCUT2D eigenvalue weighted by molar-refractivity contribution is 5.95. The molecule has 0 atom stereocenters. The van der Waals surface area contributed by atoms with Crippen molar-refractivity contribution in [2.75, 3.05) is 25.6 Å². The second-order valence-electron chi connectivity index (χ2n) is 4.63. The molecule has 0 radical (unpaired) electrons. The number of esters is 1. The molecule has 0 aliphatic carbocycles. The molecule has 0 saturated carbocycles. The monoisotopic (exact) mass is 282 g/mol. The zero-order valence-corrected chi connectivity index (χ0v) is 11.5. The maximum absolute atomic E-state index is 11.8. The van der Waals surface area contributed by atoms with E-state index >= 15 is 0 Å². The van der Waals surface area contributed by atoms with Gasteiger partial charge in [0.25, 0.3) is 5.69 Å². The molecule has 0 aliphatic heterocycles. The summed E-state index contributed by atoms with van der Waals surface area (Å²) in [6.45, 7) is 4.95. The van der Waals surface area contributed by atoms with Crippen LogP contribution in [0.2, 0.25) is 0 Å². The Bertz CT molecular complexity index is 488. The first-order chi connectivity index (χ1) is 9.41. The number of nitrogens with zero attached hydrogens (tertiary/aromatic N) is 1. The summed E-state index contributed by atoms with van der Waals surface area (Å²) in [5.41, 5.74) is 5.53. The van der Waals surface area contributed by atoms with E-state index in [0.29, 0.717) is 12.5 Å². The molecule has 0 unspecified atom stereocenters. The molecule has 20 heavy (non-hydrogen) atoms. The van der Waals surface area contributed by atoms with Crippen molar-refractivity contribution in [1.29, 1.82) is 0 Å².